The first kappa shape index (κ1) is 12.9. The smallest absolute Gasteiger partial charge is 0.342 e. The molecule has 0 rings (SSSR count). The number of amides is 1. The predicted molar refractivity (Wildman–Crippen MR) is 46.2 cm³/mol. The van der Waals surface area contributed by atoms with Crippen LogP contribution in [0.25, 0.3) is 0 Å². The van der Waals surface area contributed by atoms with Gasteiger partial charge in [-0.2, -0.15) is 13.2 Å². The molecule has 0 spiro atoms. The summed E-state index contributed by atoms with van der Waals surface area (Å²) in [6.45, 7) is 2.00. The Morgan fingerprint density at radius 1 is 1.50 bits per heavy atom. The molecular formula is C8H13F3N2O. The lowest BCUT2D eigenvalue weighted by Gasteiger charge is -2.12. The SMILES string of the molecule is CCC(C)C(=N)C(=O)NCC(F)(F)F. The number of carbonyl (C=O) groups is 1. The van der Waals surface area contributed by atoms with E-state index >= 15 is 0 Å². The number of halogens is 3. The Morgan fingerprint density at radius 2 is 2.00 bits per heavy atom. The van der Waals surface area contributed by atoms with Crippen molar-refractivity contribution in [2.75, 3.05) is 6.54 Å². The average molecular weight is 210 g/mol. The third-order valence-corrected chi connectivity index (χ3v) is 1.80. The highest BCUT2D eigenvalue weighted by atomic mass is 19.4. The summed E-state index contributed by atoms with van der Waals surface area (Å²) in [4.78, 5) is 11.0. The molecule has 0 aliphatic carbocycles. The summed E-state index contributed by atoms with van der Waals surface area (Å²) in [6, 6.07) is 0. The minimum atomic E-state index is -4.43. The van der Waals surface area contributed by atoms with E-state index in [1.807, 2.05) is 0 Å². The maximum atomic E-state index is 11.7. The van der Waals surface area contributed by atoms with Crippen LogP contribution in [0.4, 0.5) is 13.2 Å². The highest BCUT2D eigenvalue weighted by Crippen LogP contribution is 2.12. The van der Waals surface area contributed by atoms with Crippen molar-refractivity contribution in [2.45, 2.75) is 26.4 Å². The van der Waals surface area contributed by atoms with Crippen molar-refractivity contribution < 1.29 is 18.0 Å². The number of hydrogen-bond acceptors (Lipinski definition) is 2. The lowest BCUT2D eigenvalue weighted by molar-refractivity contribution is -0.135. The van der Waals surface area contributed by atoms with Gasteiger partial charge < -0.3 is 5.32 Å². The first-order valence-corrected chi connectivity index (χ1v) is 4.21. The normalized spacial score (nSPS) is 13.5. The van der Waals surface area contributed by atoms with E-state index in [4.69, 9.17) is 5.41 Å². The molecule has 6 heteroatoms. The number of hydrogen-bond donors (Lipinski definition) is 2. The molecule has 2 N–H and O–H groups in total. The Labute approximate surface area is 80.2 Å². The molecular weight excluding hydrogens is 197 g/mol. The second kappa shape index (κ2) is 4.97. The van der Waals surface area contributed by atoms with Crippen LogP contribution in [0.3, 0.4) is 0 Å². The molecule has 0 fully saturated rings. The lowest BCUT2D eigenvalue weighted by Crippen LogP contribution is -2.39. The van der Waals surface area contributed by atoms with E-state index in [1.54, 1.807) is 19.2 Å². The molecule has 1 atom stereocenters. The van der Waals surface area contributed by atoms with Crippen LogP contribution in [0.5, 0.6) is 0 Å². The Kier molecular flexibility index (Phi) is 4.59. The Balaban J connectivity index is 4.04. The summed E-state index contributed by atoms with van der Waals surface area (Å²) in [5.74, 6) is -1.26. The summed E-state index contributed by atoms with van der Waals surface area (Å²) in [5, 5.41) is 8.88. The second-order valence-electron chi connectivity index (χ2n) is 3.02. The van der Waals surface area contributed by atoms with Crippen LogP contribution in [0.1, 0.15) is 20.3 Å². The van der Waals surface area contributed by atoms with E-state index in [1.165, 1.54) is 0 Å². The Morgan fingerprint density at radius 3 is 2.36 bits per heavy atom. The maximum Gasteiger partial charge on any atom is 0.405 e. The summed E-state index contributed by atoms with van der Waals surface area (Å²) >= 11 is 0. The van der Waals surface area contributed by atoms with Crippen molar-refractivity contribution in [3.8, 4) is 0 Å². The zero-order chi connectivity index (χ0) is 11.4. The van der Waals surface area contributed by atoms with Gasteiger partial charge in [-0.15, -0.1) is 0 Å². The number of nitrogens with one attached hydrogen (secondary N) is 2. The fraction of sp³-hybridized carbons (Fsp3) is 0.750. The van der Waals surface area contributed by atoms with Gasteiger partial charge in [-0.3, -0.25) is 10.2 Å². The molecule has 0 radical (unpaired) electrons. The van der Waals surface area contributed by atoms with E-state index in [9.17, 15) is 18.0 Å². The van der Waals surface area contributed by atoms with Gasteiger partial charge in [0.25, 0.3) is 5.91 Å². The molecule has 3 nitrogen and oxygen atoms in total. The van der Waals surface area contributed by atoms with Crippen LogP contribution in [0.15, 0.2) is 0 Å². The number of rotatable bonds is 4. The average Bonchev–Trinajstić information content (AvgIpc) is 2.10. The second-order valence-corrected chi connectivity index (χ2v) is 3.02. The molecule has 1 amide bonds. The molecule has 82 valence electrons. The van der Waals surface area contributed by atoms with Crippen molar-refractivity contribution >= 4 is 11.6 Å². The Bertz CT molecular complexity index is 225. The van der Waals surface area contributed by atoms with E-state index in [0.29, 0.717) is 6.42 Å². The minimum Gasteiger partial charge on any atom is -0.342 e. The van der Waals surface area contributed by atoms with E-state index in [-0.39, 0.29) is 11.6 Å². The number of carbonyl (C=O) groups excluding carboxylic acids is 1. The van der Waals surface area contributed by atoms with E-state index in [2.05, 4.69) is 0 Å². The monoisotopic (exact) mass is 210 g/mol. The van der Waals surface area contributed by atoms with Gasteiger partial charge in [0.05, 0.1) is 5.71 Å². The van der Waals surface area contributed by atoms with Crippen LogP contribution in [0, 0.1) is 11.3 Å². The molecule has 0 aliphatic heterocycles. The lowest BCUT2D eigenvalue weighted by atomic mass is 10.0. The summed E-state index contributed by atoms with van der Waals surface area (Å²) in [6.07, 6.45) is -3.87. The molecule has 14 heavy (non-hydrogen) atoms. The molecule has 0 aromatic rings. The zero-order valence-electron chi connectivity index (χ0n) is 8.03. The van der Waals surface area contributed by atoms with Crippen molar-refractivity contribution in [1.82, 2.24) is 5.32 Å². The number of alkyl halides is 3. The summed E-state index contributed by atoms with van der Waals surface area (Å²) in [5.41, 5.74) is -0.309. The molecule has 1 unspecified atom stereocenters. The van der Waals surface area contributed by atoms with Crippen LogP contribution >= 0.6 is 0 Å². The van der Waals surface area contributed by atoms with Crippen molar-refractivity contribution in [1.29, 1.82) is 5.41 Å². The summed E-state index contributed by atoms with van der Waals surface area (Å²) < 4.78 is 35.0. The third-order valence-electron chi connectivity index (χ3n) is 1.80. The third kappa shape index (κ3) is 4.84. The molecule has 0 saturated heterocycles. The molecule has 0 bridgehead atoms. The molecule has 0 heterocycles. The standard InChI is InChI=1S/C8H13F3N2O/c1-3-5(2)6(12)7(14)13-4-8(9,10)11/h5,12H,3-4H2,1-2H3,(H,13,14). The molecule has 0 aliphatic rings. The highest BCUT2D eigenvalue weighted by Gasteiger charge is 2.28. The van der Waals surface area contributed by atoms with Gasteiger partial charge in [0.2, 0.25) is 0 Å². The molecule has 0 aromatic heterocycles. The van der Waals surface area contributed by atoms with Crippen molar-refractivity contribution in [2.24, 2.45) is 5.92 Å². The van der Waals surface area contributed by atoms with Crippen LogP contribution in [0.2, 0.25) is 0 Å². The van der Waals surface area contributed by atoms with Crippen LogP contribution in [-0.2, 0) is 4.79 Å². The topological polar surface area (TPSA) is 53.0 Å². The Hall–Kier alpha value is -1.07. The first-order chi connectivity index (χ1) is 6.28. The minimum absolute atomic E-state index is 0.309. The zero-order valence-corrected chi connectivity index (χ0v) is 8.03. The molecule has 0 aromatic carbocycles. The van der Waals surface area contributed by atoms with Gasteiger partial charge in [0.1, 0.15) is 6.54 Å². The van der Waals surface area contributed by atoms with E-state index < -0.39 is 18.6 Å². The van der Waals surface area contributed by atoms with Crippen LogP contribution < -0.4 is 5.32 Å². The van der Waals surface area contributed by atoms with Crippen molar-refractivity contribution in [3.05, 3.63) is 0 Å². The molecule has 0 saturated carbocycles. The van der Waals surface area contributed by atoms with E-state index in [0.717, 1.165) is 0 Å². The first-order valence-electron chi connectivity index (χ1n) is 4.21. The van der Waals surface area contributed by atoms with Gasteiger partial charge in [-0.25, -0.2) is 0 Å². The van der Waals surface area contributed by atoms with Gasteiger partial charge in [0.15, 0.2) is 0 Å². The van der Waals surface area contributed by atoms with Gasteiger partial charge >= 0.3 is 6.18 Å². The largest absolute Gasteiger partial charge is 0.405 e. The summed E-state index contributed by atoms with van der Waals surface area (Å²) in [7, 11) is 0. The predicted octanol–water partition coefficient (Wildman–Crippen LogP) is 1.73. The quantitative estimate of drug-likeness (QED) is 0.682. The van der Waals surface area contributed by atoms with Gasteiger partial charge in [-0.05, 0) is 6.42 Å². The van der Waals surface area contributed by atoms with Crippen molar-refractivity contribution in [3.63, 3.8) is 0 Å². The fourth-order valence-electron chi connectivity index (χ4n) is 0.704. The van der Waals surface area contributed by atoms with Gasteiger partial charge in [-0.1, -0.05) is 13.8 Å². The van der Waals surface area contributed by atoms with Crippen LogP contribution in [-0.4, -0.2) is 24.3 Å². The highest BCUT2D eigenvalue weighted by molar-refractivity contribution is 6.38. The maximum absolute atomic E-state index is 11.7. The fourth-order valence-corrected chi connectivity index (χ4v) is 0.704. The van der Waals surface area contributed by atoms with Gasteiger partial charge in [0, 0.05) is 5.92 Å².